The van der Waals surface area contributed by atoms with E-state index in [4.69, 9.17) is 9.26 Å². The number of halogens is 1. The first-order valence-corrected chi connectivity index (χ1v) is 4.97. The molecular weight excluding hydrogens is 227 g/mol. The topological polar surface area (TPSA) is 68.4 Å². The van der Waals surface area contributed by atoms with Gasteiger partial charge in [-0.2, -0.15) is 4.98 Å². The standard InChI is InChI=1S/C11H11FN2O3/c1-6(15)10-13-11(17-14-10)7-3-4-9(16-2)8(12)5-7/h3-6,15H,1-2H3. The molecule has 0 aliphatic rings. The molecule has 90 valence electrons. The molecule has 1 unspecified atom stereocenters. The number of rotatable bonds is 3. The van der Waals surface area contributed by atoms with Gasteiger partial charge in [0.25, 0.3) is 5.89 Å². The summed E-state index contributed by atoms with van der Waals surface area (Å²) in [6, 6.07) is 4.30. The largest absolute Gasteiger partial charge is 0.494 e. The molecule has 1 atom stereocenters. The van der Waals surface area contributed by atoms with Gasteiger partial charge in [0, 0.05) is 5.56 Å². The van der Waals surface area contributed by atoms with Crippen LogP contribution in [-0.4, -0.2) is 22.4 Å². The van der Waals surface area contributed by atoms with Gasteiger partial charge in [-0.05, 0) is 25.1 Å². The summed E-state index contributed by atoms with van der Waals surface area (Å²) in [6.07, 6.45) is -0.824. The van der Waals surface area contributed by atoms with Crippen LogP contribution >= 0.6 is 0 Å². The van der Waals surface area contributed by atoms with E-state index in [0.29, 0.717) is 5.56 Å². The summed E-state index contributed by atoms with van der Waals surface area (Å²) >= 11 is 0. The number of nitrogens with zero attached hydrogens (tertiary/aromatic N) is 2. The highest BCUT2D eigenvalue weighted by Gasteiger charge is 2.14. The van der Waals surface area contributed by atoms with Crippen LogP contribution in [0.2, 0.25) is 0 Å². The Bertz CT molecular complexity index is 525. The van der Waals surface area contributed by atoms with Crippen LogP contribution in [0.3, 0.4) is 0 Å². The number of aliphatic hydroxyl groups excluding tert-OH is 1. The van der Waals surface area contributed by atoms with Gasteiger partial charge in [0.15, 0.2) is 17.4 Å². The Labute approximate surface area is 96.8 Å². The fourth-order valence-corrected chi connectivity index (χ4v) is 1.32. The Hall–Kier alpha value is -1.95. The van der Waals surface area contributed by atoms with Crippen molar-refractivity contribution < 1.29 is 18.8 Å². The number of ether oxygens (including phenoxy) is 1. The van der Waals surface area contributed by atoms with E-state index in [1.807, 2.05) is 0 Å². The second-order valence-corrected chi connectivity index (χ2v) is 3.48. The van der Waals surface area contributed by atoms with Gasteiger partial charge in [-0.25, -0.2) is 4.39 Å². The van der Waals surface area contributed by atoms with Gasteiger partial charge in [-0.1, -0.05) is 5.16 Å². The number of aromatic nitrogens is 2. The summed E-state index contributed by atoms with van der Waals surface area (Å²) in [4.78, 5) is 3.94. The van der Waals surface area contributed by atoms with Crippen molar-refractivity contribution in [3.63, 3.8) is 0 Å². The van der Waals surface area contributed by atoms with Crippen molar-refractivity contribution in [3.8, 4) is 17.2 Å². The van der Waals surface area contributed by atoms with Crippen molar-refractivity contribution >= 4 is 0 Å². The van der Waals surface area contributed by atoms with E-state index in [-0.39, 0.29) is 17.5 Å². The molecule has 6 heteroatoms. The van der Waals surface area contributed by atoms with E-state index in [1.165, 1.54) is 26.2 Å². The number of methoxy groups -OCH3 is 1. The van der Waals surface area contributed by atoms with Crippen molar-refractivity contribution in [2.24, 2.45) is 0 Å². The summed E-state index contributed by atoms with van der Waals surface area (Å²) in [7, 11) is 1.39. The number of hydrogen-bond acceptors (Lipinski definition) is 5. The van der Waals surface area contributed by atoms with Gasteiger partial charge in [-0.3, -0.25) is 0 Å². The molecule has 5 nitrogen and oxygen atoms in total. The molecule has 0 bridgehead atoms. The van der Waals surface area contributed by atoms with E-state index in [0.717, 1.165) is 0 Å². The molecule has 1 N–H and O–H groups in total. The normalized spacial score (nSPS) is 12.5. The van der Waals surface area contributed by atoms with Crippen LogP contribution in [-0.2, 0) is 0 Å². The predicted molar refractivity (Wildman–Crippen MR) is 56.9 cm³/mol. The zero-order chi connectivity index (χ0) is 12.4. The Morgan fingerprint density at radius 1 is 1.47 bits per heavy atom. The highest BCUT2D eigenvalue weighted by molar-refractivity contribution is 5.54. The first-order chi connectivity index (χ1) is 8.11. The van der Waals surface area contributed by atoms with Gasteiger partial charge < -0.3 is 14.4 Å². The summed E-state index contributed by atoms with van der Waals surface area (Å²) in [5, 5.41) is 12.8. The smallest absolute Gasteiger partial charge is 0.258 e. The SMILES string of the molecule is COc1ccc(-c2nc(C(C)O)no2)cc1F. The van der Waals surface area contributed by atoms with E-state index in [9.17, 15) is 9.50 Å². The molecule has 0 aliphatic heterocycles. The van der Waals surface area contributed by atoms with E-state index < -0.39 is 11.9 Å². The summed E-state index contributed by atoms with van der Waals surface area (Å²) in [5.41, 5.74) is 0.433. The van der Waals surface area contributed by atoms with Crippen molar-refractivity contribution in [3.05, 3.63) is 29.8 Å². The van der Waals surface area contributed by atoms with Crippen LogP contribution < -0.4 is 4.74 Å². The molecule has 1 aromatic heterocycles. The number of benzene rings is 1. The lowest BCUT2D eigenvalue weighted by atomic mass is 10.2. The molecule has 0 radical (unpaired) electrons. The minimum atomic E-state index is -0.824. The Morgan fingerprint density at radius 2 is 2.24 bits per heavy atom. The molecule has 0 aliphatic carbocycles. The second kappa shape index (κ2) is 4.50. The lowest BCUT2D eigenvalue weighted by Crippen LogP contribution is -1.93. The molecular formula is C11H11FN2O3. The lowest BCUT2D eigenvalue weighted by molar-refractivity contribution is 0.184. The number of aliphatic hydroxyl groups is 1. The Morgan fingerprint density at radius 3 is 2.76 bits per heavy atom. The third kappa shape index (κ3) is 2.26. The summed E-state index contributed by atoms with van der Waals surface area (Å²) in [6.45, 7) is 1.52. The van der Waals surface area contributed by atoms with Crippen LogP contribution in [0.5, 0.6) is 5.75 Å². The third-order valence-electron chi connectivity index (χ3n) is 2.21. The Kier molecular flexibility index (Phi) is 3.06. The molecule has 0 amide bonds. The van der Waals surface area contributed by atoms with Crippen molar-refractivity contribution in [2.75, 3.05) is 7.11 Å². The monoisotopic (exact) mass is 238 g/mol. The molecule has 0 saturated carbocycles. The molecule has 1 heterocycles. The maximum absolute atomic E-state index is 13.4. The average Bonchev–Trinajstić information content (AvgIpc) is 2.78. The van der Waals surface area contributed by atoms with Gasteiger partial charge in [0.2, 0.25) is 0 Å². The van der Waals surface area contributed by atoms with Crippen LogP contribution in [0.4, 0.5) is 4.39 Å². The van der Waals surface area contributed by atoms with Gasteiger partial charge >= 0.3 is 0 Å². The quantitative estimate of drug-likeness (QED) is 0.884. The van der Waals surface area contributed by atoms with Crippen LogP contribution in [0.25, 0.3) is 11.5 Å². The fourth-order valence-electron chi connectivity index (χ4n) is 1.32. The number of hydrogen-bond donors (Lipinski definition) is 1. The predicted octanol–water partition coefficient (Wildman–Crippen LogP) is 1.94. The minimum absolute atomic E-state index is 0.143. The molecule has 2 rings (SSSR count). The molecule has 0 saturated heterocycles. The van der Waals surface area contributed by atoms with Gasteiger partial charge in [0.1, 0.15) is 6.10 Å². The summed E-state index contributed by atoms with van der Waals surface area (Å²) < 4.78 is 23.1. The highest BCUT2D eigenvalue weighted by atomic mass is 19.1. The van der Waals surface area contributed by atoms with Crippen LogP contribution in [0.15, 0.2) is 22.7 Å². The van der Waals surface area contributed by atoms with E-state index in [1.54, 1.807) is 6.07 Å². The van der Waals surface area contributed by atoms with Crippen LogP contribution in [0.1, 0.15) is 18.9 Å². The minimum Gasteiger partial charge on any atom is -0.494 e. The molecule has 1 aromatic carbocycles. The molecule has 0 spiro atoms. The molecule has 17 heavy (non-hydrogen) atoms. The van der Waals surface area contributed by atoms with Gasteiger partial charge in [-0.15, -0.1) is 0 Å². The summed E-state index contributed by atoms with van der Waals surface area (Å²) in [5.74, 6) is -0.0514. The highest BCUT2D eigenvalue weighted by Crippen LogP contribution is 2.24. The fraction of sp³-hybridized carbons (Fsp3) is 0.273. The van der Waals surface area contributed by atoms with Crippen molar-refractivity contribution in [2.45, 2.75) is 13.0 Å². The van der Waals surface area contributed by atoms with Gasteiger partial charge in [0.05, 0.1) is 7.11 Å². The zero-order valence-corrected chi connectivity index (χ0v) is 9.35. The Balaban J connectivity index is 2.36. The lowest BCUT2D eigenvalue weighted by Gasteiger charge is -2.01. The third-order valence-corrected chi connectivity index (χ3v) is 2.21. The van der Waals surface area contributed by atoms with E-state index in [2.05, 4.69) is 10.1 Å². The van der Waals surface area contributed by atoms with Crippen molar-refractivity contribution in [1.29, 1.82) is 0 Å². The zero-order valence-electron chi connectivity index (χ0n) is 9.35. The van der Waals surface area contributed by atoms with Crippen molar-refractivity contribution in [1.82, 2.24) is 10.1 Å². The van der Waals surface area contributed by atoms with Crippen LogP contribution in [0, 0.1) is 5.82 Å². The first kappa shape index (κ1) is 11.5. The maximum atomic E-state index is 13.4. The molecule has 0 fully saturated rings. The first-order valence-electron chi connectivity index (χ1n) is 4.97. The maximum Gasteiger partial charge on any atom is 0.258 e. The molecule has 2 aromatic rings. The average molecular weight is 238 g/mol. The second-order valence-electron chi connectivity index (χ2n) is 3.48. The van der Waals surface area contributed by atoms with E-state index >= 15 is 0 Å².